The molecular formula is C13H11BrO2S. The Balaban J connectivity index is 2.19. The lowest BCUT2D eigenvalue weighted by Crippen LogP contribution is -1.95. The lowest BCUT2D eigenvalue weighted by Gasteiger charge is -2.06. The van der Waals surface area contributed by atoms with Crippen LogP contribution in [0.25, 0.3) is 0 Å². The summed E-state index contributed by atoms with van der Waals surface area (Å²) in [4.78, 5) is 12.5. The molecule has 1 heterocycles. The summed E-state index contributed by atoms with van der Waals surface area (Å²) >= 11 is 5.02. The van der Waals surface area contributed by atoms with Crippen molar-refractivity contribution in [1.82, 2.24) is 0 Å². The topological polar surface area (TPSA) is 30.2 Å². The number of rotatable bonds is 4. The van der Waals surface area contributed by atoms with Gasteiger partial charge in [0, 0.05) is 14.9 Å². The Morgan fingerprint density at radius 1 is 1.41 bits per heavy atom. The van der Waals surface area contributed by atoms with Crippen molar-refractivity contribution in [3.63, 3.8) is 0 Å². The first-order valence-corrected chi connectivity index (χ1v) is 6.90. The van der Waals surface area contributed by atoms with Crippen LogP contribution in [0.2, 0.25) is 0 Å². The van der Waals surface area contributed by atoms with Crippen molar-refractivity contribution in [3.05, 3.63) is 52.4 Å². The summed E-state index contributed by atoms with van der Waals surface area (Å²) in [6.07, 6.45) is 1.66. The van der Waals surface area contributed by atoms with E-state index in [1.165, 1.54) is 0 Å². The van der Waals surface area contributed by atoms with Gasteiger partial charge in [0.25, 0.3) is 0 Å². The van der Waals surface area contributed by atoms with Gasteiger partial charge in [-0.2, -0.15) is 0 Å². The summed E-state index contributed by atoms with van der Waals surface area (Å²) in [5.41, 5.74) is 0.754. The predicted molar refractivity (Wildman–Crippen MR) is 72.4 cm³/mol. The number of benzene rings is 1. The van der Waals surface area contributed by atoms with E-state index in [-0.39, 0.29) is 5.78 Å². The van der Waals surface area contributed by atoms with E-state index in [2.05, 4.69) is 15.9 Å². The maximum atomic E-state index is 11.5. The largest absolute Gasteiger partial charge is 0.468 e. The molecule has 0 aliphatic rings. The molecule has 4 heteroatoms. The maximum absolute atomic E-state index is 11.5. The van der Waals surface area contributed by atoms with Gasteiger partial charge in [0.15, 0.2) is 5.78 Å². The highest BCUT2D eigenvalue weighted by Crippen LogP contribution is 2.29. The zero-order chi connectivity index (χ0) is 12.3. The van der Waals surface area contributed by atoms with Gasteiger partial charge in [-0.3, -0.25) is 4.79 Å². The van der Waals surface area contributed by atoms with Gasteiger partial charge < -0.3 is 4.42 Å². The predicted octanol–water partition coefficient (Wildman–Crippen LogP) is 4.54. The van der Waals surface area contributed by atoms with Crippen LogP contribution in [0.1, 0.15) is 23.0 Å². The number of furan rings is 1. The third-order valence-corrected chi connectivity index (χ3v) is 3.84. The summed E-state index contributed by atoms with van der Waals surface area (Å²) in [6, 6.07) is 9.48. The first-order chi connectivity index (χ1) is 8.16. The molecule has 0 radical (unpaired) electrons. The molecule has 0 aliphatic heterocycles. The molecule has 2 nitrogen and oxygen atoms in total. The van der Waals surface area contributed by atoms with E-state index in [1.807, 2.05) is 30.3 Å². The Labute approximate surface area is 113 Å². The number of ketones is 1. The van der Waals surface area contributed by atoms with Gasteiger partial charge in [0.05, 0.1) is 12.0 Å². The van der Waals surface area contributed by atoms with Gasteiger partial charge in [-0.15, -0.1) is 11.8 Å². The molecule has 17 heavy (non-hydrogen) atoms. The van der Waals surface area contributed by atoms with Crippen molar-refractivity contribution in [2.24, 2.45) is 0 Å². The third kappa shape index (κ3) is 3.23. The maximum Gasteiger partial charge on any atom is 0.160 e. The van der Waals surface area contributed by atoms with Crippen molar-refractivity contribution in [3.8, 4) is 0 Å². The molecule has 1 aromatic heterocycles. The van der Waals surface area contributed by atoms with Crippen LogP contribution in [0.4, 0.5) is 0 Å². The van der Waals surface area contributed by atoms with E-state index in [0.717, 1.165) is 26.4 Å². The SMILES string of the molecule is CC(=O)c1ccc(Br)cc1SCc1ccco1. The van der Waals surface area contributed by atoms with Crippen LogP contribution in [-0.4, -0.2) is 5.78 Å². The third-order valence-electron chi connectivity index (χ3n) is 2.27. The Kier molecular flexibility index (Phi) is 4.07. The van der Waals surface area contributed by atoms with Gasteiger partial charge in [-0.25, -0.2) is 0 Å². The zero-order valence-electron chi connectivity index (χ0n) is 9.27. The molecule has 0 saturated carbocycles. The van der Waals surface area contributed by atoms with Crippen LogP contribution in [0, 0.1) is 0 Å². The van der Waals surface area contributed by atoms with Crippen LogP contribution in [0.5, 0.6) is 0 Å². The molecule has 0 fully saturated rings. The van der Waals surface area contributed by atoms with E-state index in [9.17, 15) is 4.79 Å². The Hall–Kier alpha value is -1.00. The lowest BCUT2D eigenvalue weighted by molar-refractivity contribution is 0.101. The monoisotopic (exact) mass is 310 g/mol. The number of carbonyl (C=O) groups is 1. The van der Waals surface area contributed by atoms with Crippen LogP contribution in [0.15, 0.2) is 50.4 Å². The molecule has 1 aromatic carbocycles. The first-order valence-electron chi connectivity index (χ1n) is 5.12. The minimum Gasteiger partial charge on any atom is -0.468 e. The summed E-state index contributed by atoms with van der Waals surface area (Å²) in [7, 11) is 0. The van der Waals surface area contributed by atoms with Crippen molar-refractivity contribution in [1.29, 1.82) is 0 Å². The summed E-state index contributed by atoms with van der Waals surface area (Å²) in [6.45, 7) is 1.58. The normalized spacial score (nSPS) is 10.5. The quantitative estimate of drug-likeness (QED) is 0.613. The second-order valence-electron chi connectivity index (χ2n) is 3.56. The molecule has 2 rings (SSSR count). The number of Topliss-reactive ketones (excluding diaryl/α,β-unsaturated/α-hetero) is 1. The number of hydrogen-bond acceptors (Lipinski definition) is 3. The van der Waals surface area contributed by atoms with E-state index < -0.39 is 0 Å². The van der Waals surface area contributed by atoms with Crippen LogP contribution in [-0.2, 0) is 5.75 Å². The highest BCUT2D eigenvalue weighted by Gasteiger charge is 2.09. The van der Waals surface area contributed by atoms with E-state index in [1.54, 1.807) is 24.9 Å². The average molecular weight is 311 g/mol. The molecule has 2 aromatic rings. The molecule has 0 aliphatic carbocycles. The molecule has 0 amide bonds. The van der Waals surface area contributed by atoms with E-state index in [4.69, 9.17) is 4.42 Å². The molecule has 0 atom stereocenters. The summed E-state index contributed by atoms with van der Waals surface area (Å²) in [5.74, 6) is 1.72. The van der Waals surface area contributed by atoms with Gasteiger partial charge in [-0.1, -0.05) is 15.9 Å². The first kappa shape index (κ1) is 12.5. The van der Waals surface area contributed by atoms with Crippen molar-refractivity contribution in [2.75, 3.05) is 0 Å². The second-order valence-corrected chi connectivity index (χ2v) is 5.50. The second kappa shape index (κ2) is 5.56. The number of thioether (sulfide) groups is 1. The summed E-state index contributed by atoms with van der Waals surface area (Å²) < 4.78 is 6.24. The molecule has 0 spiro atoms. The fraction of sp³-hybridized carbons (Fsp3) is 0.154. The smallest absolute Gasteiger partial charge is 0.160 e. The molecular weight excluding hydrogens is 300 g/mol. The Morgan fingerprint density at radius 3 is 2.88 bits per heavy atom. The fourth-order valence-electron chi connectivity index (χ4n) is 1.45. The van der Waals surface area contributed by atoms with Crippen LogP contribution < -0.4 is 0 Å². The van der Waals surface area contributed by atoms with E-state index >= 15 is 0 Å². The Morgan fingerprint density at radius 2 is 2.24 bits per heavy atom. The highest BCUT2D eigenvalue weighted by atomic mass is 79.9. The van der Waals surface area contributed by atoms with Gasteiger partial charge >= 0.3 is 0 Å². The van der Waals surface area contributed by atoms with Crippen LogP contribution >= 0.6 is 27.7 Å². The van der Waals surface area contributed by atoms with Crippen molar-refractivity contribution < 1.29 is 9.21 Å². The molecule has 88 valence electrons. The number of carbonyl (C=O) groups excluding carboxylic acids is 1. The highest BCUT2D eigenvalue weighted by molar-refractivity contribution is 9.10. The molecule has 0 N–H and O–H groups in total. The van der Waals surface area contributed by atoms with Crippen molar-refractivity contribution >= 4 is 33.5 Å². The molecule has 0 unspecified atom stereocenters. The minimum atomic E-state index is 0.0828. The Bertz CT molecular complexity index is 520. The summed E-state index contributed by atoms with van der Waals surface area (Å²) in [5, 5.41) is 0. The molecule has 0 bridgehead atoms. The fourth-order valence-corrected chi connectivity index (χ4v) is 3.00. The van der Waals surface area contributed by atoms with E-state index in [0.29, 0.717) is 0 Å². The van der Waals surface area contributed by atoms with Gasteiger partial charge in [0.2, 0.25) is 0 Å². The number of halogens is 1. The zero-order valence-corrected chi connectivity index (χ0v) is 11.7. The minimum absolute atomic E-state index is 0.0828. The standard InChI is InChI=1S/C13H11BrO2S/c1-9(15)12-5-4-10(14)7-13(12)17-8-11-3-2-6-16-11/h2-7H,8H2,1H3. The number of hydrogen-bond donors (Lipinski definition) is 0. The van der Waals surface area contributed by atoms with Crippen LogP contribution in [0.3, 0.4) is 0 Å². The molecule has 0 saturated heterocycles. The van der Waals surface area contributed by atoms with Gasteiger partial charge in [0.1, 0.15) is 5.76 Å². The van der Waals surface area contributed by atoms with Crippen molar-refractivity contribution in [2.45, 2.75) is 17.6 Å². The average Bonchev–Trinajstić information content (AvgIpc) is 2.78. The lowest BCUT2D eigenvalue weighted by atomic mass is 10.1. The van der Waals surface area contributed by atoms with Gasteiger partial charge in [-0.05, 0) is 37.3 Å².